The van der Waals surface area contributed by atoms with Crippen LogP contribution in [0, 0.1) is 6.92 Å². The summed E-state index contributed by atoms with van der Waals surface area (Å²) in [5.41, 5.74) is 4.68. The minimum Gasteiger partial charge on any atom is -0.256 e. The number of nitrogens with zero attached hydrogens (tertiary/aromatic N) is 1. The summed E-state index contributed by atoms with van der Waals surface area (Å²) in [5, 5.41) is 0. The molecular formula is C15H15N. The van der Waals surface area contributed by atoms with E-state index >= 15 is 0 Å². The van der Waals surface area contributed by atoms with Crippen molar-refractivity contribution in [3.8, 4) is 11.3 Å². The average molecular weight is 209 g/mol. The summed E-state index contributed by atoms with van der Waals surface area (Å²) < 4.78 is 0. The third-order valence-corrected chi connectivity index (χ3v) is 2.57. The summed E-state index contributed by atoms with van der Waals surface area (Å²) in [6, 6.07) is 12.4. The van der Waals surface area contributed by atoms with Crippen molar-refractivity contribution in [3.63, 3.8) is 0 Å². The molecular weight excluding hydrogens is 194 g/mol. The van der Waals surface area contributed by atoms with Gasteiger partial charge in [-0.25, -0.2) is 0 Å². The van der Waals surface area contributed by atoms with E-state index in [0.717, 1.165) is 5.69 Å². The van der Waals surface area contributed by atoms with Gasteiger partial charge in [-0.1, -0.05) is 42.5 Å². The van der Waals surface area contributed by atoms with E-state index in [-0.39, 0.29) is 0 Å². The van der Waals surface area contributed by atoms with E-state index in [1.807, 2.05) is 19.2 Å². The largest absolute Gasteiger partial charge is 0.256 e. The first-order chi connectivity index (χ1) is 7.83. The van der Waals surface area contributed by atoms with Gasteiger partial charge >= 0.3 is 0 Å². The smallest absolute Gasteiger partial charge is 0.0737 e. The quantitative estimate of drug-likeness (QED) is 0.726. The number of hydrogen-bond donors (Lipinski definition) is 0. The summed E-state index contributed by atoms with van der Waals surface area (Å²) in [6.07, 6.45) is 6.01. The van der Waals surface area contributed by atoms with Crippen molar-refractivity contribution in [2.75, 3.05) is 0 Å². The minimum absolute atomic E-state index is 1.07. The highest BCUT2D eigenvalue weighted by Gasteiger charge is 2.05. The topological polar surface area (TPSA) is 12.9 Å². The molecule has 0 spiro atoms. The molecule has 0 amide bonds. The molecule has 0 atom stereocenters. The molecule has 16 heavy (non-hydrogen) atoms. The van der Waals surface area contributed by atoms with Gasteiger partial charge < -0.3 is 0 Å². The molecule has 1 heteroatoms. The van der Waals surface area contributed by atoms with E-state index in [0.29, 0.717) is 0 Å². The predicted molar refractivity (Wildman–Crippen MR) is 69.1 cm³/mol. The second-order valence-corrected chi connectivity index (χ2v) is 3.76. The van der Waals surface area contributed by atoms with Crippen molar-refractivity contribution < 1.29 is 0 Å². The highest BCUT2D eigenvalue weighted by molar-refractivity contribution is 5.74. The lowest BCUT2D eigenvalue weighted by Gasteiger charge is -2.07. The summed E-state index contributed by atoms with van der Waals surface area (Å²) in [7, 11) is 0. The maximum absolute atomic E-state index is 4.46. The lowest BCUT2D eigenvalue weighted by Crippen LogP contribution is -1.89. The molecule has 0 aliphatic carbocycles. The fourth-order valence-electron chi connectivity index (χ4n) is 1.81. The average Bonchev–Trinajstić information content (AvgIpc) is 2.31. The summed E-state index contributed by atoms with van der Waals surface area (Å²) >= 11 is 0. The summed E-state index contributed by atoms with van der Waals surface area (Å²) in [5.74, 6) is 0. The van der Waals surface area contributed by atoms with Gasteiger partial charge in [0.05, 0.1) is 5.69 Å². The van der Waals surface area contributed by atoms with Crippen molar-refractivity contribution in [2.45, 2.75) is 13.8 Å². The SMILES string of the molecule is C/C=C/c1ccccc1-c1ncccc1C. The Morgan fingerprint density at radius 3 is 2.62 bits per heavy atom. The van der Waals surface area contributed by atoms with Crippen LogP contribution in [0.1, 0.15) is 18.1 Å². The van der Waals surface area contributed by atoms with Gasteiger partial charge in [-0.3, -0.25) is 4.98 Å². The van der Waals surface area contributed by atoms with Gasteiger partial charge in [-0.05, 0) is 31.0 Å². The van der Waals surface area contributed by atoms with Crippen molar-refractivity contribution in [2.24, 2.45) is 0 Å². The highest BCUT2D eigenvalue weighted by Crippen LogP contribution is 2.25. The van der Waals surface area contributed by atoms with Gasteiger partial charge in [0.1, 0.15) is 0 Å². The Morgan fingerprint density at radius 2 is 1.88 bits per heavy atom. The summed E-state index contributed by atoms with van der Waals surface area (Å²) in [4.78, 5) is 4.46. The first kappa shape index (κ1) is 10.6. The van der Waals surface area contributed by atoms with Crippen LogP contribution in [0.3, 0.4) is 0 Å². The molecule has 1 aromatic carbocycles. The molecule has 0 unspecified atom stereocenters. The number of rotatable bonds is 2. The molecule has 0 saturated carbocycles. The van der Waals surface area contributed by atoms with Crippen molar-refractivity contribution >= 4 is 6.08 Å². The molecule has 0 fully saturated rings. The van der Waals surface area contributed by atoms with Crippen LogP contribution in [0.2, 0.25) is 0 Å². The van der Waals surface area contributed by atoms with Gasteiger partial charge in [-0.2, -0.15) is 0 Å². The molecule has 80 valence electrons. The first-order valence-corrected chi connectivity index (χ1v) is 5.46. The van der Waals surface area contributed by atoms with Crippen LogP contribution < -0.4 is 0 Å². The molecule has 1 aromatic heterocycles. The molecule has 0 saturated heterocycles. The monoisotopic (exact) mass is 209 g/mol. The van der Waals surface area contributed by atoms with Crippen LogP contribution in [0.25, 0.3) is 17.3 Å². The first-order valence-electron chi connectivity index (χ1n) is 5.46. The van der Waals surface area contributed by atoms with Crippen LogP contribution in [0.5, 0.6) is 0 Å². The van der Waals surface area contributed by atoms with Crippen molar-refractivity contribution in [3.05, 3.63) is 59.8 Å². The third-order valence-electron chi connectivity index (χ3n) is 2.57. The van der Waals surface area contributed by atoms with E-state index in [1.54, 1.807) is 0 Å². The number of pyridine rings is 1. The summed E-state index contributed by atoms with van der Waals surface area (Å²) in [6.45, 7) is 4.12. The maximum Gasteiger partial charge on any atom is 0.0737 e. The number of allylic oxidation sites excluding steroid dienone is 1. The molecule has 2 rings (SSSR count). The van der Waals surface area contributed by atoms with Gasteiger partial charge in [-0.15, -0.1) is 0 Å². The molecule has 0 aliphatic rings. The van der Waals surface area contributed by atoms with Gasteiger partial charge in [0.25, 0.3) is 0 Å². The number of benzene rings is 1. The van der Waals surface area contributed by atoms with Gasteiger partial charge in [0.2, 0.25) is 0 Å². The molecule has 0 bridgehead atoms. The zero-order valence-electron chi connectivity index (χ0n) is 9.64. The number of hydrogen-bond acceptors (Lipinski definition) is 1. The Hall–Kier alpha value is -1.89. The van der Waals surface area contributed by atoms with Crippen LogP contribution in [-0.2, 0) is 0 Å². The number of aromatic nitrogens is 1. The van der Waals surface area contributed by atoms with Crippen LogP contribution in [-0.4, -0.2) is 4.98 Å². The Morgan fingerprint density at radius 1 is 1.06 bits per heavy atom. The van der Waals surface area contributed by atoms with Crippen LogP contribution >= 0.6 is 0 Å². The predicted octanol–water partition coefficient (Wildman–Crippen LogP) is 4.09. The third kappa shape index (κ3) is 2.03. The Bertz CT molecular complexity index is 512. The minimum atomic E-state index is 1.07. The van der Waals surface area contributed by atoms with Crippen LogP contribution in [0.4, 0.5) is 0 Å². The lowest BCUT2D eigenvalue weighted by molar-refractivity contribution is 1.27. The van der Waals surface area contributed by atoms with E-state index in [9.17, 15) is 0 Å². The fraction of sp³-hybridized carbons (Fsp3) is 0.133. The van der Waals surface area contributed by atoms with Crippen LogP contribution in [0.15, 0.2) is 48.7 Å². The van der Waals surface area contributed by atoms with Crippen molar-refractivity contribution in [1.29, 1.82) is 0 Å². The Labute approximate surface area is 96.5 Å². The Kier molecular flexibility index (Phi) is 3.16. The number of aryl methyl sites for hydroxylation is 1. The zero-order valence-corrected chi connectivity index (χ0v) is 9.64. The zero-order chi connectivity index (χ0) is 11.4. The van der Waals surface area contributed by atoms with E-state index in [4.69, 9.17) is 0 Å². The highest BCUT2D eigenvalue weighted by atomic mass is 14.7. The molecule has 0 N–H and O–H groups in total. The molecule has 2 aromatic rings. The molecule has 0 aliphatic heterocycles. The Balaban J connectivity index is 2.60. The van der Waals surface area contributed by atoms with E-state index in [2.05, 4.69) is 54.4 Å². The second kappa shape index (κ2) is 4.75. The normalized spacial score (nSPS) is 10.9. The van der Waals surface area contributed by atoms with E-state index in [1.165, 1.54) is 16.7 Å². The van der Waals surface area contributed by atoms with Crippen molar-refractivity contribution in [1.82, 2.24) is 4.98 Å². The standard InChI is InChI=1S/C15H15N/c1-3-7-13-9-4-5-10-14(13)15-12(2)8-6-11-16-15/h3-11H,1-2H3/b7-3+. The van der Waals surface area contributed by atoms with Gasteiger partial charge in [0, 0.05) is 11.8 Å². The van der Waals surface area contributed by atoms with E-state index < -0.39 is 0 Å². The molecule has 1 heterocycles. The molecule has 0 radical (unpaired) electrons. The van der Waals surface area contributed by atoms with Gasteiger partial charge in [0.15, 0.2) is 0 Å². The second-order valence-electron chi connectivity index (χ2n) is 3.76. The maximum atomic E-state index is 4.46. The molecule has 1 nitrogen and oxygen atoms in total. The fourth-order valence-corrected chi connectivity index (χ4v) is 1.81. The lowest BCUT2D eigenvalue weighted by atomic mass is 10.0.